The molecule has 0 radical (unpaired) electrons. The van der Waals surface area contributed by atoms with Crippen molar-refractivity contribution in [2.45, 2.75) is 40.0 Å². The monoisotopic (exact) mass is 373 g/mol. The van der Waals surface area contributed by atoms with Crippen LogP contribution >= 0.6 is 11.3 Å². The zero-order valence-electron chi connectivity index (χ0n) is 15.2. The molecule has 2 aromatic rings. The summed E-state index contributed by atoms with van der Waals surface area (Å²) in [4.78, 5) is 26.2. The number of nitrogens with zero attached hydrogens (tertiary/aromatic N) is 1. The molecule has 26 heavy (non-hydrogen) atoms. The summed E-state index contributed by atoms with van der Waals surface area (Å²) < 4.78 is 0.537. The molecule has 1 unspecified atom stereocenters. The molecule has 2 amide bonds. The first-order valence-corrected chi connectivity index (χ1v) is 9.47. The summed E-state index contributed by atoms with van der Waals surface area (Å²) in [6, 6.07) is 4.92. The van der Waals surface area contributed by atoms with Crippen molar-refractivity contribution in [1.82, 2.24) is 10.9 Å². The lowest BCUT2D eigenvalue weighted by Crippen LogP contribution is -2.42. The van der Waals surface area contributed by atoms with Gasteiger partial charge in [0.15, 0.2) is 12.4 Å². The van der Waals surface area contributed by atoms with E-state index < -0.39 is 5.91 Å². The zero-order valence-corrected chi connectivity index (χ0v) is 16.0. The number of rotatable bonds is 2. The van der Waals surface area contributed by atoms with Gasteiger partial charge in [-0.2, -0.15) is 4.73 Å². The molecule has 0 aromatic carbocycles. The number of carbonyl (C=O) groups excluding carboxylic acids is 2. The maximum Gasteiger partial charge on any atom is 0.279 e. The van der Waals surface area contributed by atoms with Crippen LogP contribution in [0.1, 0.15) is 57.7 Å². The Morgan fingerprint density at radius 2 is 2.00 bits per heavy atom. The molecule has 1 atom stereocenters. The van der Waals surface area contributed by atoms with Gasteiger partial charge in [0.25, 0.3) is 11.8 Å². The SMILES string of the molecule is CC(C)(C)C1CCc2sc(C(=O)NNC(=O)c3ccc[n+]([O-])c3)cc2C1. The van der Waals surface area contributed by atoms with Gasteiger partial charge in [-0.05, 0) is 48.3 Å². The Hall–Kier alpha value is -2.41. The first-order chi connectivity index (χ1) is 12.2. The van der Waals surface area contributed by atoms with Gasteiger partial charge in [0, 0.05) is 10.9 Å². The fourth-order valence-electron chi connectivity index (χ4n) is 3.21. The van der Waals surface area contributed by atoms with Crippen LogP contribution in [0, 0.1) is 16.5 Å². The Bertz CT molecular complexity index is 839. The standard InChI is InChI=1S/C19H23N3O3S/c1-19(2,3)14-6-7-15-13(9-14)10-16(26-15)18(24)21-20-17(23)12-5-4-8-22(25)11-12/h4-5,8,10-11,14H,6-7,9H2,1-3H3,(H,20,23)(H,21,24). The number of hydrogen-bond donors (Lipinski definition) is 2. The molecule has 3 rings (SSSR count). The summed E-state index contributed by atoms with van der Waals surface area (Å²) in [6.45, 7) is 6.77. The van der Waals surface area contributed by atoms with Gasteiger partial charge in [-0.25, -0.2) is 0 Å². The lowest BCUT2D eigenvalue weighted by Gasteiger charge is -2.33. The molecule has 7 heteroatoms. The molecule has 0 fully saturated rings. The van der Waals surface area contributed by atoms with Gasteiger partial charge in [-0.1, -0.05) is 20.8 Å². The number of carbonyl (C=O) groups is 2. The van der Waals surface area contributed by atoms with Crippen LogP contribution in [0.3, 0.4) is 0 Å². The third-order valence-electron chi connectivity index (χ3n) is 4.86. The minimum Gasteiger partial charge on any atom is -0.619 e. The highest BCUT2D eigenvalue weighted by molar-refractivity contribution is 7.14. The van der Waals surface area contributed by atoms with Gasteiger partial charge in [0.2, 0.25) is 0 Å². The van der Waals surface area contributed by atoms with Crippen LogP contribution in [0.15, 0.2) is 30.6 Å². The minimum absolute atomic E-state index is 0.182. The summed E-state index contributed by atoms with van der Waals surface area (Å²) in [7, 11) is 0. The molecule has 2 heterocycles. The molecule has 0 aliphatic heterocycles. The number of thiophene rings is 1. The van der Waals surface area contributed by atoms with E-state index in [1.54, 1.807) is 0 Å². The first kappa shape index (κ1) is 18.4. The smallest absolute Gasteiger partial charge is 0.279 e. The van der Waals surface area contributed by atoms with Gasteiger partial charge in [-0.3, -0.25) is 20.4 Å². The van der Waals surface area contributed by atoms with E-state index in [1.165, 1.54) is 40.1 Å². The van der Waals surface area contributed by atoms with E-state index in [2.05, 4.69) is 31.6 Å². The van der Waals surface area contributed by atoms with Crippen LogP contribution in [0.4, 0.5) is 0 Å². The number of pyridine rings is 1. The second-order valence-electron chi connectivity index (χ2n) is 7.73. The van der Waals surface area contributed by atoms with Crippen LogP contribution in [0.5, 0.6) is 0 Å². The van der Waals surface area contributed by atoms with Gasteiger partial charge in [-0.15, -0.1) is 11.3 Å². The molecule has 0 saturated heterocycles. The van der Waals surface area contributed by atoms with E-state index in [-0.39, 0.29) is 16.9 Å². The van der Waals surface area contributed by atoms with Crippen molar-refractivity contribution >= 4 is 23.2 Å². The molecular weight excluding hydrogens is 350 g/mol. The Morgan fingerprint density at radius 3 is 2.69 bits per heavy atom. The van der Waals surface area contributed by atoms with E-state index in [1.807, 2.05) is 6.07 Å². The van der Waals surface area contributed by atoms with Gasteiger partial charge in [0.05, 0.1) is 4.88 Å². The van der Waals surface area contributed by atoms with Crippen molar-refractivity contribution in [3.63, 3.8) is 0 Å². The summed E-state index contributed by atoms with van der Waals surface area (Å²) >= 11 is 1.49. The quantitative estimate of drug-likeness (QED) is 0.482. The third kappa shape index (κ3) is 4.04. The lowest BCUT2D eigenvalue weighted by atomic mass is 9.72. The Labute approximate surface area is 156 Å². The van der Waals surface area contributed by atoms with E-state index in [0.29, 0.717) is 15.5 Å². The number of hydrazine groups is 1. The Morgan fingerprint density at radius 1 is 1.27 bits per heavy atom. The maximum absolute atomic E-state index is 12.4. The normalized spacial score (nSPS) is 16.7. The van der Waals surface area contributed by atoms with Crippen molar-refractivity contribution in [3.8, 4) is 0 Å². The van der Waals surface area contributed by atoms with Gasteiger partial charge in [0.1, 0.15) is 5.56 Å². The van der Waals surface area contributed by atoms with Crippen molar-refractivity contribution in [1.29, 1.82) is 0 Å². The lowest BCUT2D eigenvalue weighted by molar-refractivity contribution is -0.605. The average molecular weight is 373 g/mol. The molecule has 6 nitrogen and oxygen atoms in total. The number of amides is 2. The summed E-state index contributed by atoms with van der Waals surface area (Å²) in [5.74, 6) is -0.259. The molecule has 0 spiro atoms. The molecule has 2 N–H and O–H groups in total. The molecule has 0 saturated carbocycles. The largest absolute Gasteiger partial charge is 0.619 e. The van der Waals surface area contributed by atoms with Crippen LogP contribution in [-0.4, -0.2) is 11.8 Å². The van der Waals surface area contributed by atoms with E-state index in [4.69, 9.17) is 0 Å². The molecule has 0 bridgehead atoms. The van der Waals surface area contributed by atoms with Crippen LogP contribution in [0.2, 0.25) is 0 Å². The second kappa shape index (κ2) is 7.07. The number of hydrogen-bond acceptors (Lipinski definition) is 4. The fourth-order valence-corrected chi connectivity index (χ4v) is 4.31. The van der Waals surface area contributed by atoms with E-state index >= 15 is 0 Å². The average Bonchev–Trinajstić information content (AvgIpc) is 3.02. The minimum atomic E-state index is -0.530. The van der Waals surface area contributed by atoms with Crippen molar-refractivity contribution in [2.75, 3.05) is 0 Å². The maximum atomic E-state index is 12.4. The summed E-state index contributed by atoms with van der Waals surface area (Å²) in [5, 5.41) is 11.2. The van der Waals surface area contributed by atoms with E-state index in [9.17, 15) is 14.8 Å². The highest BCUT2D eigenvalue weighted by Gasteiger charge is 2.30. The predicted octanol–water partition coefficient (Wildman–Crippen LogP) is 2.61. The molecule has 1 aliphatic rings. The Kier molecular flexibility index (Phi) is 5.00. The molecular formula is C19H23N3O3S. The van der Waals surface area contributed by atoms with Crippen LogP contribution in [0.25, 0.3) is 0 Å². The molecule has 1 aliphatic carbocycles. The molecule has 2 aromatic heterocycles. The van der Waals surface area contributed by atoms with Gasteiger partial charge >= 0.3 is 0 Å². The van der Waals surface area contributed by atoms with Crippen LogP contribution < -0.4 is 15.6 Å². The highest BCUT2D eigenvalue weighted by Crippen LogP contribution is 2.40. The first-order valence-electron chi connectivity index (χ1n) is 8.65. The van der Waals surface area contributed by atoms with Crippen molar-refractivity contribution in [3.05, 3.63) is 56.7 Å². The zero-order chi connectivity index (χ0) is 18.9. The number of aromatic nitrogens is 1. The summed E-state index contributed by atoms with van der Waals surface area (Å²) in [5.41, 5.74) is 6.46. The van der Waals surface area contributed by atoms with Crippen molar-refractivity contribution in [2.24, 2.45) is 11.3 Å². The van der Waals surface area contributed by atoms with Gasteiger partial charge < -0.3 is 5.21 Å². The number of nitrogens with one attached hydrogen (secondary N) is 2. The molecule has 138 valence electrons. The third-order valence-corrected chi connectivity index (χ3v) is 6.09. The second-order valence-corrected chi connectivity index (χ2v) is 8.86. The number of aryl methyl sites for hydroxylation is 1. The predicted molar refractivity (Wildman–Crippen MR) is 99.6 cm³/mol. The van der Waals surface area contributed by atoms with E-state index in [0.717, 1.165) is 25.5 Å². The Balaban J connectivity index is 1.63. The van der Waals surface area contributed by atoms with Crippen LogP contribution in [-0.2, 0) is 12.8 Å². The summed E-state index contributed by atoms with van der Waals surface area (Å²) in [6.07, 6.45) is 5.56. The number of fused-ring (bicyclic) bond motifs is 1. The fraction of sp³-hybridized carbons (Fsp3) is 0.421. The highest BCUT2D eigenvalue weighted by atomic mass is 32.1. The topological polar surface area (TPSA) is 85.1 Å². The van der Waals surface area contributed by atoms with Crippen molar-refractivity contribution < 1.29 is 14.3 Å².